The summed E-state index contributed by atoms with van der Waals surface area (Å²) < 4.78 is 3.69. The van der Waals surface area contributed by atoms with E-state index < -0.39 is 33.3 Å². The molecule has 1 fully saturated rings. The second-order valence-electron chi connectivity index (χ2n) is 7.29. The zero-order valence-electron chi connectivity index (χ0n) is 17.2. The van der Waals surface area contributed by atoms with Crippen LogP contribution in [0.4, 0.5) is 10.5 Å². The number of hydrogen-bond donors (Lipinski definition) is 0. The molecule has 7 nitrogen and oxygen atoms in total. The lowest BCUT2D eigenvalue weighted by molar-refractivity contribution is -0.484. The van der Waals surface area contributed by atoms with Gasteiger partial charge < -0.3 is 4.74 Å². The average Bonchev–Trinajstić information content (AvgIpc) is 3.09. The smallest absolute Gasteiger partial charge is 0.294 e. The molecule has 0 spiro atoms. The summed E-state index contributed by atoms with van der Waals surface area (Å²) in [5.74, 6) is -0.768. The van der Waals surface area contributed by atoms with Crippen LogP contribution in [0.25, 0.3) is 0 Å². The maximum Gasteiger partial charge on any atom is 0.294 e. The van der Waals surface area contributed by atoms with Gasteiger partial charge in [-0.2, -0.15) is 0 Å². The molecule has 1 aliphatic rings. The van der Waals surface area contributed by atoms with Crippen molar-refractivity contribution >= 4 is 28.6 Å². The Morgan fingerprint density at radius 1 is 0.969 bits per heavy atom. The van der Waals surface area contributed by atoms with Gasteiger partial charge in [0.05, 0.1) is 18.7 Å². The van der Waals surface area contributed by atoms with E-state index >= 15 is 0 Å². The van der Waals surface area contributed by atoms with Crippen molar-refractivity contribution in [2.24, 2.45) is 0 Å². The number of nitrogens with zero attached hydrogens (tertiary/aromatic N) is 2. The van der Waals surface area contributed by atoms with Crippen molar-refractivity contribution in [2.75, 3.05) is 18.6 Å². The number of nitro groups is 1. The van der Waals surface area contributed by atoms with Gasteiger partial charge in [-0.3, -0.25) is 19.7 Å². The van der Waals surface area contributed by atoms with E-state index in [9.17, 15) is 19.7 Å². The first-order valence-corrected chi connectivity index (χ1v) is 10.7. The van der Waals surface area contributed by atoms with Gasteiger partial charge in [0.15, 0.2) is 0 Å². The average molecular weight is 449 g/mol. The van der Waals surface area contributed by atoms with Crippen LogP contribution in [0.2, 0.25) is 0 Å². The monoisotopic (exact) mass is 448 g/mol. The van der Waals surface area contributed by atoms with Crippen molar-refractivity contribution < 1.29 is 19.2 Å². The Balaban J connectivity index is 1.89. The minimum Gasteiger partial charge on any atom is -0.497 e. The van der Waals surface area contributed by atoms with E-state index in [-0.39, 0.29) is 0 Å². The van der Waals surface area contributed by atoms with Gasteiger partial charge in [-0.15, -0.1) is 0 Å². The Bertz CT molecular complexity index is 1140. The van der Waals surface area contributed by atoms with Gasteiger partial charge >= 0.3 is 0 Å². The number of carbonyl (C=O) groups is 2. The van der Waals surface area contributed by atoms with E-state index in [0.29, 0.717) is 22.6 Å². The highest BCUT2D eigenvalue weighted by molar-refractivity contribution is 8.16. The zero-order chi connectivity index (χ0) is 22.7. The van der Waals surface area contributed by atoms with Crippen LogP contribution >= 0.6 is 11.8 Å². The van der Waals surface area contributed by atoms with E-state index in [1.54, 1.807) is 84.9 Å². The number of methoxy groups -OCH3 is 1. The SMILES string of the molecule is COc1ccc(N2C(=O)S[C@](c3ccccc3)([C@H](C[N+](=O)[O-])c3ccccc3)C2=O)cc1. The summed E-state index contributed by atoms with van der Waals surface area (Å²) in [5, 5.41) is 11.2. The normalized spacial score (nSPS) is 19.1. The molecule has 3 aromatic carbocycles. The van der Waals surface area contributed by atoms with E-state index in [0.717, 1.165) is 16.7 Å². The molecule has 32 heavy (non-hydrogen) atoms. The van der Waals surface area contributed by atoms with Gasteiger partial charge in [0.1, 0.15) is 10.5 Å². The van der Waals surface area contributed by atoms with E-state index in [1.165, 1.54) is 7.11 Å². The van der Waals surface area contributed by atoms with Crippen LogP contribution in [0.15, 0.2) is 84.9 Å². The lowest BCUT2D eigenvalue weighted by Crippen LogP contribution is -2.44. The van der Waals surface area contributed by atoms with Crippen molar-refractivity contribution in [3.8, 4) is 5.75 Å². The third kappa shape index (κ3) is 3.73. The Morgan fingerprint density at radius 3 is 2.12 bits per heavy atom. The summed E-state index contributed by atoms with van der Waals surface area (Å²) in [5.41, 5.74) is 1.56. The molecular weight excluding hydrogens is 428 g/mol. The van der Waals surface area contributed by atoms with Gasteiger partial charge in [-0.25, -0.2) is 4.90 Å². The van der Waals surface area contributed by atoms with Crippen molar-refractivity contribution in [3.63, 3.8) is 0 Å². The molecule has 0 radical (unpaired) electrons. The van der Waals surface area contributed by atoms with Crippen molar-refractivity contribution in [3.05, 3.63) is 106 Å². The minimum absolute atomic E-state index is 0.388. The predicted octanol–water partition coefficient (Wildman–Crippen LogP) is 4.85. The number of ether oxygens (including phenoxy) is 1. The molecule has 0 aliphatic carbocycles. The second-order valence-corrected chi connectivity index (χ2v) is 8.48. The largest absolute Gasteiger partial charge is 0.497 e. The van der Waals surface area contributed by atoms with Crippen LogP contribution in [0, 0.1) is 10.1 Å². The minimum atomic E-state index is -1.48. The predicted molar refractivity (Wildman–Crippen MR) is 123 cm³/mol. The number of rotatable bonds is 7. The fraction of sp³-hybridized carbons (Fsp3) is 0.167. The maximum atomic E-state index is 14.0. The molecule has 2 atom stereocenters. The number of amides is 2. The Kier molecular flexibility index (Phi) is 5.96. The van der Waals surface area contributed by atoms with Crippen LogP contribution < -0.4 is 9.64 Å². The Hall–Kier alpha value is -3.65. The summed E-state index contributed by atoms with van der Waals surface area (Å²) in [6.45, 7) is -0.499. The quantitative estimate of drug-likeness (QED) is 0.379. The summed E-state index contributed by atoms with van der Waals surface area (Å²) in [4.78, 5) is 39.6. The molecule has 0 aromatic heterocycles. The fourth-order valence-electron chi connectivity index (χ4n) is 4.02. The highest BCUT2D eigenvalue weighted by Gasteiger charge is 2.60. The molecule has 3 aromatic rings. The first-order chi connectivity index (χ1) is 15.5. The van der Waals surface area contributed by atoms with Gasteiger partial charge in [0, 0.05) is 4.92 Å². The third-order valence-electron chi connectivity index (χ3n) is 5.51. The molecule has 1 heterocycles. The lowest BCUT2D eigenvalue weighted by atomic mass is 9.79. The lowest BCUT2D eigenvalue weighted by Gasteiger charge is -2.32. The van der Waals surface area contributed by atoms with Gasteiger partial charge in [0.25, 0.3) is 11.1 Å². The highest BCUT2D eigenvalue weighted by Crippen LogP contribution is 2.55. The number of anilines is 1. The molecule has 2 amide bonds. The van der Waals surface area contributed by atoms with Crippen LogP contribution in [-0.4, -0.2) is 29.7 Å². The zero-order valence-corrected chi connectivity index (χ0v) is 18.0. The molecule has 4 rings (SSSR count). The highest BCUT2D eigenvalue weighted by atomic mass is 32.2. The molecule has 162 valence electrons. The molecule has 0 saturated carbocycles. The summed E-state index contributed by atoms with van der Waals surface area (Å²) >= 11 is 0.834. The standard InChI is InChI=1S/C24H20N2O5S/c1-31-20-14-12-19(13-15-20)26-22(27)24(32-23(26)28,18-10-6-3-7-11-18)21(16-25(29)30)17-8-4-2-5-9-17/h2-15,21H,16H2,1H3/t21-,24-/m1/s1. The maximum absolute atomic E-state index is 14.0. The van der Waals surface area contributed by atoms with Crippen molar-refractivity contribution in [1.82, 2.24) is 0 Å². The van der Waals surface area contributed by atoms with Gasteiger partial charge in [-0.05, 0) is 47.2 Å². The van der Waals surface area contributed by atoms with Gasteiger partial charge in [0.2, 0.25) is 6.54 Å². The van der Waals surface area contributed by atoms with E-state index in [1.807, 2.05) is 0 Å². The molecular formula is C24H20N2O5S. The molecule has 0 bridgehead atoms. The number of hydrogen-bond acceptors (Lipinski definition) is 6. The van der Waals surface area contributed by atoms with E-state index in [2.05, 4.69) is 0 Å². The second kappa shape index (κ2) is 8.84. The first kappa shape index (κ1) is 21.6. The molecule has 8 heteroatoms. The van der Waals surface area contributed by atoms with Crippen LogP contribution in [0.5, 0.6) is 5.75 Å². The number of benzene rings is 3. The first-order valence-electron chi connectivity index (χ1n) is 9.91. The summed E-state index contributed by atoms with van der Waals surface area (Å²) in [7, 11) is 1.53. The van der Waals surface area contributed by atoms with Gasteiger partial charge in [-0.1, -0.05) is 60.7 Å². The molecule has 1 saturated heterocycles. The van der Waals surface area contributed by atoms with E-state index in [4.69, 9.17) is 4.74 Å². The molecule has 0 unspecified atom stereocenters. The fourth-order valence-corrected chi connectivity index (χ4v) is 5.36. The number of imide groups is 1. The van der Waals surface area contributed by atoms with Crippen LogP contribution in [-0.2, 0) is 9.54 Å². The van der Waals surface area contributed by atoms with Crippen molar-refractivity contribution in [1.29, 1.82) is 0 Å². The third-order valence-corrected chi connectivity index (χ3v) is 6.88. The Labute approximate surface area is 189 Å². The van der Waals surface area contributed by atoms with Crippen molar-refractivity contribution in [2.45, 2.75) is 10.7 Å². The summed E-state index contributed by atoms with van der Waals surface area (Å²) in [6.07, 6.45) is 0. The molecule has 0 N–H and O–H groups in total. The number of thioether (sulfide) groups is 1. The number of carbonyl (C=O) groups excluding carboxylic acids is 2. The summed E-state index contributed by atoms with van der Waals surface area (Å²) in [6, 6.07) is 24.3. The van der Waals surface area contributed by atoms with Crippen LogP contribution in [0.3, 0.4) is 0 Å². The topological polar surface area (TPSA) is 89.8 Å². The van der Waals surface area contributed by atoms with Crippen LogP contribution in [0.1, 0.15) is 17.0 Å². The molecule has 1 aliphatic heterocycles. The Morgan fingerprint density at radius 2 is 1.56 bits per heavy atom.